The second kappa shape index (κ2) is 4.64. The molecule has 0 fully saturated rings. The minimum absolute atomic E-state index is 0.0100. The third kappa shape index (κ3) is 1.70. The van der Waals surface area contributed by atoms with Gasteiger partial charge in [-0.3, -0.25) is 0 Å². The third-order valence-electron chi connectivity index (χ3n) is 3.06. The van der Waals surface area contributed by atoms with Crippen LogP contribution in [0.4, 0.5) is 0 Å². The van der Waals surface area contributed by atoms with Gasteiger partial charge in [-0.25, -0.2) is 0 Å². The Balaban J connectivity index is 2.82. The molecule has 0 aromatic heterocycles. The molecule has 0 saturated carbocycles. The smallest absolute Gasteiger partial charge is 0.0691 e. The number of hydrogen-bond acceptors (Lipinski definition) is 2. The number of benzene rings is 2. The molecule has 0 heterocycles. The van der Waals surface area contributed by atoms with Gasteiger partial charge in [0, 0.05) is 0 Å². The second-order valence-corrected chi connectivity index (χ2v) is 3.88. The molecule has 2 aromatic rings. The topological polar surface area (TPSA) is 40.5 Å². The number of hydrogen-bond donors (Lipinski definition) is 2. The highest BCUT2D eigenvalue weighted by Crippen LogP contribution is 2.26. The molecule has 0 radical (unpaired) electrons. The molecule has 0 spiro atoms. The largest absolute Gasteiger partial charge is 0.392 e. The van der Waals surface area contributed by atoms with Crippen LogP contribution in [0.25, 0.3) is 10.8 Å². The SMILES string of the molecule is CCc1cc2ccccc2c(CO)c1CO. The first-order chi connectivity index (χ1) is 7.81. The standard InChI is InChI=1S/C14H16O2/c1-2-10-7-11-5-3-4-6-12(11)14(9-16)13(10)8-15/h3-7,15-16H,2,8-9H2,1H3. The summed E-state index contributed by atoms with van der Waals surface area (Å²) >= 11 is 0. The van der Waals surface area contributed by atoms with Crippen molar-refractivity contribution in [3.63, 3.8) is 0 Å². The van der Waals surface area contributed by atoms with Gasteiger partial charge >= 0.3 is 0 Å². The van der Waals surface area contributed by atoms with Crippen molar-refractivity contribution in [3.8, 4) is 0 Å². The van der Waals surface area contributed by atoms with Gasteiger partial charge < -0.3 is 10.2 Å². The first-order valence-corrected chi connectivity index (χ1v) is 5.55. The summed E-state index contributed by atoms with van der Waals surface area (Å²) in [5, 5.41) is 21.0. The lowest BCUT2D eigenvalue weighted by molar-refractivity contribution is 0.260. The molecule has 0 aliphatic carbocycles. The number of fused-ring (bicyclic) bond motifs is 1. The van der Waals surface area contributed by atoms with E-state index in [1.807, 2.05) is 24.3 Å². The fraction of sp³-hybridized carbons (Fsp3) is 0.286. The van der Waals surface area contributed by atoms with Gasteiger partial charge in [0.15, 0.2) is 0 Å². The Labute approximate surface area is 95.2 Å². The summed E-state index contributed by atoms with van der Waals surface area (Å²) in [5.74, 6) is 0. The van der Waals surface area contributed by atoms with Crippen LogP contribution < -0.4 is 0 Å². The maximum Gasteiger partial charge on any atom is 0.0691 e. The van der Waals surface area contributed by atoms with Crippen LogP contribution in [0.15, 0.2) is 30.3 Å². The summed E-state index contributed by atoms with van der Waals surface area (Å²) < 4.78 is 0. The molecule has 0 aliphatic rings. The second-order valence-electron chi connectivity index (χ2n) is 3.88. The molecule has 2 N–H and O–H groups in total. The van der Waals surface area contributed by atoms with E-state index < -0.39 is 0 Å². The van der Waals surface area contributed by atoms with E-state index in [4.69, 9.17) is 0 Å². The predicted molar refractivity (Wildman–Crippen MR) is 65.2 cm³/mol. The Morgan fingerprint density at radius 2 is 1.69 bits per heavy atom. The summed E-state index contributed by atoms with van der Waals surface area (Å²) in [6.07, 6.45) is 0.869. The molecule has 0 bridgehead atoms. The lowest BCUT2D eigenvalue weighted by atomic mass is 9.93. The fourth-order valence-corrected chi connectivity index (χ4v) is 2.22. The molecular formula is C14H16O2. The van der Waals surface area contributed by atoms with Crippen molar-refractivity contribution < 1.29 is 10.2 Å². The molecule has 0 amide bonds. The average Bonchev–Trinajstić information content (AvgIpc) is 2.36. The Morgan fingerprint density at radius 3 is 2.31 bits per heavy atom. The minimum Gasteiger partial charge on any atom is -0.392 e. The van der Waals surface area contributed by atoms with Crippen molar-refractivity contribution in [1.82, 2.24) is 0 Å². The lowest BCUT2D eigenvalue weighted by Gasteiger charge is -2.14. The van der Waals surface area contributed by atoms with Crippen molar-refractivity contribution in [3.05, 3.63) is 47.0 Å². The van der Waals surface area contributed by atoms with Crippen molar-refractivity contribution >= 4 is 10.8 Å². The average molecular weight is 216 g/mol. The first-order valence-electron chi connectivity index (χ1n) is 5.55. The molecule has 0 saturated heterocycles. The summed E-state index contributed by atoms with van der Waals surface area (Å²) in [6.45, 7) is 2.03. The van der Waals surface area contributed by atoms with Gasteiger partial charge in [0.2, 0.25) is 0 Å². The minimum atomic E-state index is -0.0236. The van der Waals surface area contributed by atoms with E-state index in [-0.39, 0.29) is 13.2 Å². The van der Waals surface area contributed by atoms with Crippen LogP contribution in [0.3, 0.4) is 0 Å². The molecule has 16 heavy (non-hydrogen) atoms. The molecule has 0 unspecified atom stereocenters. The first kappa shape index (κ1) is 11.1. The van der Waals surface area contributed by atoms with Crippen LogP contribution >= 0.6 is 0 Å². The molecular weight excluding hydrogens is 200 g/mol. The fourth-order valence-electron chi connectivity index (χ4n) is 2.22. The summed E-state index contributed by atoms with van der Waals surface area (Å²) in [6, 6.07) is 10.1. The van der Waals surface area contributed by atoms with E-state index in [2.05, 4.69) is 13.0 Å². The Kier molecular flexibility index (Phi) is 3.22. The van der Waals surface area contributed by atoms with Gasteiger partial charge in [-0.1, -0.05) is 37.3 Å². The van der Waals surface area contributed by atoms with Gasteiger partial charge in [-0.2, -0.15) is 0 Å². The Bertz CT molecular complexity index is 503. The van der Waals surface area contributed by atoms with E-state index in [0.29, 0.717) is 0 Å². The maximum absolute atomic E-state index is 9.46. The maximum atomic E-state index is 9.46. The normalized spacial score (nSPS) is 10.9. The van der Waals surface area contributed by atoms with Gasteiger partial charge in [0.05, 0.1) is 13.2 Å². The number of aliphatic hydroxyl groups is 2. The van der Waals surface area contributed by atoms with Gasteiger partial charge in [0.1, 0.15) is 0 Å². The molecule has 84 valence electrons. The summed E-state index contributed by atoms with van der Waals surface area (Å²) in [7, 11) is 0. The van der Waals surface area contributed by atoms with E-state index in [1.54, 1.807) is 0 Å². The van der Waals surface area contributed by atoms with E-state index in [0.717, 1.165) is 33.9 Å². The van der Waals surface area contributed by atoms with Crippen LogP contribution in [-0.4, -0.2) is 10.2 Å². The van der Waals surface area contributed by atoms with Crippen LogP contribution in [0.1, 0.15) is 23.6 Å². The van der Waals surface area contributed by atoms with Crippen LogP contribution in [0.2, 0.25) is 0 Å². The van der Waals surface area contributed by atoms with Crippen LogP contribution in [-0.2, 0) is 19.6 Å². The summed E-state index contributed by atoms with van der Waals surface area (Å²) in [5.41, 5.74) is 2.85. The zero-order valence-corrected chi connectivity index (χ0v) is 9.40. The molecule has 2 nitrogen and oxygen atoms in total. The Hall–Kier alpha value is -1.38. The van der Waals surface area contributed by atoms with E-state index in [1.165, 1.54) is 0 Å². The number of rotatable bonds is 3. The van der Waals surface area contributed by atoms with Gasteiger partial charge in [-0.15, -0.1) is 0 Å². The van der Waals surface area contributed by atoms with Crippen molar-refractivity contribution in [1.29, 1.82) is 0 Å². The lowest BCUT2D eigenvalue weighted by Crippen LogP contribution is -2.01. The van der Waals surface area contributed by atoms with Crippen molar-refractivity contribution in [2.45, 2.75) is 26.6 Å². The third-order valence-corrected chi connectivity index (χ3v) is 3.06. The van der Waals surface area contributed by atoms with E-state index >= 15 is 0 Å². The van der Waals surface area contributed by atoms with Crippen LogP contribution in [0, 0.1) is 0 Å². The van der Waals surface area contributed by atoms with Crippen molar-refractivity contribution in [2.75, 3.05) is 0 Å². The van der Waals surface area contributed by atoms with Crippen molar-refractivity contribution in [2.24, 2.45) is 0 Å². The highest BCUT2D eigenvalue weighted by molar-refractivity contribution is 5.87. The number of aryl methyl sites for hydroxylation is 1. The molecule has 0 atom stereocenters. The highest BCUT2D eigenvalue weighted by Gasteiger charge is 2.10. The molecule has 2 aromatic carbocycles. The number of aliphatic hydroxyl groups excluding tert-OH is 2. The quantitative estimate of drug-likeness (QED) is 0.827. The summed E-state index contributed by atoms with van der Waals surface area (Å²) in [4.78, 5) is 0. The monoisotopic (exact) mass is 216 g/mol. The molecule has 2 heteroatoms. The van der Waals surface area contributed by atoms with Crippen LogP contribution in [0.5, 0.6) is 0 Å². The Morgan fingerprint density at radius 1 is 1.00 bits per heavy atom. The molecule has 2 rings (SSSR count). The molecule has 0 aliphatic heterocycles. The van der Waals surface area contributed by atoms with E-state index in [9.17, 15) is 10.2 Å². The highest BCUT2D eigenvalue weighted by atomic mass is 16.3. The predicted octanol–water partition coefficient (Wildman–Crippen LogP) is 2.39. The zero-order valence-electron chi connectivity index (χ0n) is 9.40. The van der Waals surface area contributed by atoms with Gasteiger partial charge in [-0.05, 0) is 33.9 Å². The van der Waals surface area contributed by atoms with Gasteiger partial charge in [0.25, 0.3) is 0 Å². The zero-order chi connectivity index (χ0) is 11.5.